The van der Waals surface area contributed by atoms with Gasteiger partial charge in [-0.1, -0.05) is 6.07 Å². The van der Waals surface area contributed by atoms with Crippen molar-refractivity contribution in [2.75, 3.05) is 0 Å². The van der Waals surface area contributed by atoms with Gasteiger partial charge in [0.1, 0.15) is 5.69 Å². The van der Waals surface area contributed by atoms with Crippen LogP contribution in [0.15, 0.2) is 30.5 Å². The highest BCUT2D eigenvalue weighted by Crippen LogP contribution is 2.17. The number of carbonyl (C=O) groups is 1. The number of carboxylic acids is 1. The molecule has 0 amide bonds. The Morgan fingerprint density at radius 1 is 1.53 bits per heavy atom. The van der Waals surface area contributed by atoms with Crippen LogP contribution in [-0.4, -0.2) is 25.6 Å². The third kappa shape index (κ3) is 2.76. The van der Waals surface area contributed by atoms with Crippen LogP contribution in [0.4, 0.5) is 5.69 Å². The summed E-state index contributed by atoms with van der Waals surface area (Å²) in [5, 5.41) is 19.7. The zero-order valence-corrected chi connectivity index (χ0v) is 10.1. The predicted molar refractivity (Wildman–Crippen MR) is 66.1 cm³/mol. The lowest BCUT2D eigenvalue weighted by Crippen LogP contribution is -2.09. The molecular weight excluding hydrogens is 250 g/mol. The number of rotatable bonds is 4. The molecule has 0 aliphatic carbocycles. The highest BCUT2D eigenvalue weighted by Gasteiger charge is 2.18. The fraction of sp³-hybridized carbons (Fsp3) is 0.167. The lowest BCUT2D eigenvalue weighted by molar-refractivity contribution is -0.384. The van der Waals surface area contributed by atoms with Crippen molar-refractivity contribution in [3.8, 4) is 0 Å². The molecule has 0 fully saturated rings. The monoisotopic (exact) mass is 261 g/mol. The van der Waals surface area contributed by atoms with E-state index in [0.717, 1.165) is 11.8 Å². The van der Waals surface area contributed by atoms with E-state index in [4.69, 9.17) is 5.11 Å². The minimum absolute atomic E-state index is 0.130. The van der Waals surface area contributed by atoms with Crippen LogP contribution >= 0.6 is 0 Å². The third-order valence-electron chi connectivity index (χ3n) is 2.59. The largest absolute Gasteiger partial charge is 0.477 e. The zero-order chi connectivity index (χ0) is 14.0. The van der Waals surface area contributed by atoms with Crippen LogP contribution in [-0.2, 0) is 6.54 Å². The number of hydrogen-bond donors (Lipinski definition) is 1. The molecular formula is C12H11N3O4. The van der Waals surface area contributed by atoms with Crippen molar-refractivity contribution in [1.82, 2.24) is 9.55 Å². The maximum Gasteiger partial charge on any atom is 0.352 e. The lowest BCUT2D eigenvalue weighted by atomic mass is 10.3. The maximum atomic E-state index is 11.1. The minimum Gasteiger partial charge on any atom is -0.477 e. The van der Waals surface area contributed by atoms with Crippen molar-refractivity contribution >= 4 is 11.7 Å². The molecule has 2 rings (SSSR count). The molecule has 0 bridgehead atoms. The van der Waals surface area contributed by atoms with E-state index < -0.39 is 10.9 Å². The Labute approximate surface area is 108 Å². The van der Waals surface area contributed by atoms with Gasteiger partial charge in [0.25, 0.3) is 5.69 Å². The number of aryl methyl sites for hydroxylation is 1. The van der Waals surface area contributed by atoms with Crippen molar-refractivity contribution in [3.05, 3.63) is 57.7 Å². The Morgan fingerprint density at radius 2 is 2.26 bits per heavy atom. The first-order valence-corrected chi connectivity index (χ1v) is 5.48. The standard InChI is InChI=1S/C12H11N3O4/c1-8-3-2-4-9(13-8)6-14-7-10(15(18)19)5-11(14)12(16)17/h2-5,7H,6H2,1H3,(H,16,17). The first-order valence-electron chi connectivity index (χ1n) is 5.48. The Hall–Kier alpha value is -2.70. The molecule has 2 aromatic rings. The van der Waals surface area contributed by atoms with Crippen LogP contribution in [0.3, 0.4) is 0 Å². The summed E-state index contributed by atoms with van der Waals surface area (Å²) in [6.07, 6.45) is 1.20. The molecule has 98 valence electrons. The van der Waals surface area contributed by atoms with E-state index >= 15 is 0 Å². The molecule has 0 radical (unpaired) electrons. The Kier molecular flexibility index (Phi) is 3.28. The normalized spacial score (nSPS) is 10.4. The Bertz CT molecular complexity index is 648. The van der Waals surface area contributed by atoms with Gasteiger partial charge in [-0.05, 0) is 19.1 Å². The van der Waals surface area contributed by atoms with Crippen molar-refractivity contribution in [1.29, 1.82) is 0 Å². The molecule has 2 heterocycles. The first-order chi connectivity index (χ1) is 8.97. The lowest BCUT2D eigenvalue weighted by Gasteiger charge is -2.05. The van der Waals surface area contributed by atoms with Gasteiger partial charge in [0.05, 0.1) is 23.4 Å². The summed E-state index contributed by atoms with van der Waals surface area (Å²) in [5.74, 6) is -1.21. The molecule has 0 unspecified atom stereocenters. The molecule has 1 N–H and O–H groups in total. The van der Waals surface area contributed by atoms with Gasteiger partial charge in [0.2, 0.25) is 0 Å². The molecule has 0 aromatic carbocycles. The minimum atomic E-state index is -1.21. The van der Waals surface area contributed by atoms with Crippen LogP contribution in [0.5, 0.6) is 0 Å². The Balaban J connectivity index is 2.38. The number of pyridine rings is 1. The van der Waals surface area contributed by atoms with Gasteiger partial charge in [-0.3, -0.25) is 15.1 Å². The zero-order valence-electron chi connectivity index (χ0n) is 10.1. The summed E-state index contributed by atoms with van der Waals surface area (Å²) >= 11 is 0. The van der Waals surface area contributed by atoms with Crippen LogP contribution in [0.25, 0.3) is 0 Å². The highest BCUT2D eigenvalue weighted by atomic mass is 16.6. The molecule has 19 heavy (non-hydrogen) atoms. The van der Waals surface area contributed by atoms with Gasteiger partial charge in [0, 0.05) is 11.8 Å². The average Bonchev–Trinajstić information content (AvgIpc) is 2.73. The fourth-order valence-electron chi connectivity index (χ4n) is 1.77. The molecule has 0 spiro atoms. The molecule has 0 saturated heterocycles. The molecule has 2 aromatic heterocycles. The summed E-state index contributed by atoms with van der Waals surface area (Å²) in [5.41, 5.74) is 1.07. The molecule has 7 nitrogen and oxygen atoms in total. The van der Waals surface area contributed by atoms with E-state index in [9.17, 15) is 14.9 Å². The van der Waals surface area contributed by atoms with Crippen molar-refractivity contribution < 1.29 is 14.8 Å². The van der Waals surface area contributed by atoms with Gasteiger partial charge in [-0.2, -0.15) is 0 Å². The summed E-state index contributed by atoms with van der Waals surface area (Å²) in [6.45, 7) is 2.00. The quantitative estimate of drug-likeness (QED) is 0.668. The van der Waals surface area contributed by atoms with E-state index in [1.54, 1.807) is 12.1 Å². The second-order valence-electron chi connectivity index (χ2n) is 4.04. The Morgan fingerprint density at radius 3 is 2.84 bits per heavy atom. The average molecular weight is 261 g/mol. The number of aromatic nitrogens is 2. The summed E-state index contributed by atoms with van der Waals surface area (Å²) in [6, 6.07) is 6.40. The smallest absolute Gasteiger partial charge is 0.352 e. The number of nitro groups is 1. The SMILES string of the molecule is Cc1cccc(Cn2cc([N+](=O)[O-])cc2C(=O)O)n1. The first kappa shape index (κ1) is 12.7. The molecule has 0 aliphatic rings. The van der Waals surface area contributed by atoms with E-state index in [1.807, 2.05) is 13.0 Å². The predicted octanol–water partition coefficient (Wildman–Crippen LogP) is 1.85. The van der Waals surface area contributed by atoms with Gasteiger partial charge in [-0.25, -0.2) is 4.79 Å². The van der Waals surface area contributed by atoms with Crippen LogP contribution in [0.2, 0.25) is 0 Å². The topological polar surface area (TPSA) is 98.3 Å². The third-order valence-corrected chi connectivity index (χ3v) is 2.59. The van der Waals surface area contributed by atoms with E-state index in [-0.39, 0.29) is 17.9 Å². The van der Waals surface area contributed by atoms with Gasteiger partial charge in [-0.15, -0.1) is 0 Å². The van der Waals surface area contributed by atoms with Crippen LogP contribution < -0.4 is 0 Å². The van der Waals surface area contributed by atoms with Crippen molar-refractivity contribution in [2.24, 2.45) is 0 Å². The maximum absolute atomic E-state index is 11.1. The van der Waals surface area contributed by atoms with Crippen LogP contribution in [0.1, 0.15) is 21.9 Å². The second kappa shape index (κ2) is 4.89. The second-order valence-corrected chi connectivity index (χ2v) is 4.04. The molecule has 0 saturated carbocycles. The fourth-order valence-corrected chi connectivity index (χ4v) is 1.77. The van der Waals surface area contributed by atoms with E-state index in [0.29, 0.717) is 5.69 Å². The number of carboxylic acid groups (broad SMARTS) is 1. The van der Waals surface area contributed by atoms with E-state index in [1.165, 1.54) is 10.8 Å². The molecule has 0 aliphatic heterocycles. The van der Waals surface area contributed by atoms with Gasteiger partial charge >= 0.3 is 5.97 Å². The van der Waals surface area contributed by atoms with Crippen molar-refractivity contribution in [3.63, 3.8) is 0 Å². The summed E-state index contributed by atoms with van der Waals surface area (Å²) < 4.78 is 1.31. The molecule has 0 atom stereocenters. The van der Waals surface area contributed by atoms with Crippen molar-refractivity contribution in [2.45, 2.75) is 13.5 Å². The van der Waals surface area contributed by atoms with Crippen LogP contribution in [0, 0.1) is 17.0 Å². The summed E-state index contributed by atoms with van der Waals surface area (Å²) in [4.78, 5) is 25.4. The number of hydrogen-bond acceptors (Lipinski definition) is 4. The highest BCUT2D eigenvalue weighted by molar-refractivity contribution is 5.86. The van der Waals surface area contributed by atoms with E-state index in [2.05, 4.69) is 4.98 Å². The number of nitrogens with zero attached hydrogens (tertiary/aromatic N) is 3. The summed E-state index contributed by atoms with van der Waals surface area (Å²) in [7, 11) is 0. The number of aromatic carboxylic acids is 1. The van der Waals surface area contributed by atoms with Gasteiger partial charge in [0.15, 0.2) is 0 Å². The molecule has 7 heteroatoms. The van der Waals surface area contributed by atoms with Gasteiger partial charge < -0.3 is 9.67 Å².